The van der Waals surface area contributed by atoms with Crippen LogP contribution in [0.4, 0.5) is 16.4 Å². The molecular formula is C21H27N9O. The third kappa shape index (κ3) is 5.15. The summed E-state index contributed by atoms with van der Waals surface area (Å²) < 4.78 is 1.77. The van der Waals surface area contributed by atoms with Crippen molar-refractivity contribution in [3.05, 3.63) is 54.2 Å². The van der Waals surface area contributed by atoms with Crippen LogP contribution in [0.25, 0.3) is 5.82 Å². The van der Waals surface area contributed by atoms with Gasteiger partial charge in [0.25, 0.3) is 0 Å². The van der Waals surface area contributed by atoms with Crippen LogP contribution in [-0.2, 0) is 6.54 Å². The summed E-state index contributed by atoms with van der Waals surface area (Å²) in [4.78, 5) is 29.7. The highest BCUT2D eigenvalue weighted by Crippen LogP contribution is 2.22. The molecule has 0 saturated carbocycles. The van der Waals surface area contributed by atoms with Gasteiger partial charge < -0.3 is 10.2 Å². The van der Waals surface area contributed by atoms with E-state index in [9.17, 15) is 4.79 Å². The van der Waals surface area contributed by atoms with E-state index in [0.29, 0.717) is 12.5 Å². The zero-order valence-electron chi connectivity index (χ0n) is 17.8. The van der Waals surface area contributed by atoms with Gasteiger partial charge in [0.15, 0.2) is 5.82 Å². The summed E-state index contributed by atoms with van der Waals surface area (Å²) >= 11 is 0. The van der Waals surface area contributed by atoms with E-state index in [1.807, 2.05) is 38.2 Å². The quantitative estimate of drug-likeness (QED) is 0.626. The maximum Gasteiger partial charge on any atom is 0.321 e. The predicted octanol–water partition coefficient (Wildman–Crippen LogP) is 1.83. The predicted molar refractivity (Wildman–Crippen MR) is 118 cm³/mol. The first-order valence-corrected chi connectivity index (χ1v) is 10.4. The first kappa shape index (κ1) is 20.7. The Labute approximate surface area is 181 Å². The number of aryl methyl sites for hydroxylation is 1. The Hall–Kier alpha value is -3.53. The maximum absolute atomic E-state index is 11.7. The molecule has 1 aliphatic heterocycles. The Morgan fingerprint density at radius 1 is 1.10 bits per heavy atom. The van der Waals surface area contributed by atoms with Gasteiger partial charge in [-0.15, -0.1) is 0 Å². The van der Waals surface area contributed by atoms with Crippen LogP contribution in [0.5, 0.6) is 0 Å². The van der Waals surface area contributed by atoms with Gasteiger partial charge in [0.1, 0.15) is 0 Å². The molecule has 0 bridgehead atoms. The molecule has 3 aromatic heterocycles. The summed E-state index contributed by atoms with van der Waals surface area (Å²) in [5.74, 6) is 1.15. The summed E-state index contributed by atoms with van der Waals surface area (Å²) in [6.45, 7) is 8.84. The number of piperazine rings is 1. The van der Waals surface area contributed by atoms with Crippen LogP contribution in [-0.4, -0.2) is 68.4 Å². The second-order valence-corrected chi connectivity index (χ2v) is 7.34. The SMILES string of the molecule is CCNC(=O)Nc1nccc(CN2CCN(c3ccc(-n4cccn4)nc3C)CC2)n1. The van der Waals surface area contributed by atoms with Gasteiger partial charge in [-0.1, -0.05) is 0 Å². The number of pyridine rings is 1. The molecule has 1 aliphatic rings. The zero-order chi connectivity index (χ0) is 21.6. The number of anilines is 2. The van der Waals surface area contributed by atoms with Crippen LogP contribution < -0.4 is 15.5 Å². The number of aromatic nitrogens is 5. The average Bonchev–Trinajstić information content (AvgIpc) is 3.30. The Bertz CT molecular complexity index is 1010. The molecule has 10 heteroatoms. The second kappa shape index (κ2) is 9.52. The van der Waals surface area contributed by atoms with Gasteiger partial charge in [0.2, 0.25) is 5.95 Å². The Morgan fingerprint density at radius 2 is 1.94 bits per heavy atom. The maximum atomic E-state index is 11.7. The van der Waals surface area contributed by atoms with Crippen molar-refractivity contribution in [3.8, 4) is 5.82 Å². The lowest BCUT2D eigenvalue weighted by molar-refractivity contribution is 0.246. The highest BCUT2D eigenvalue weighted by molar-refractivity contribution is 5.87. The lowest BCUT2D eigenvalue weighted by Crippen LogP contribution is -2.46. The number of urea groups is 1. The molecule has 1 saturated heterocycles. The summed E-state index contributed by atoms with van der Waals surface area (Å²) in [7, 11) is 0. The van der Waals surface area contributed by atoms with Crippen LogP contribution in [0.3, 0.4) is 0 Å². The Balaban J connectivity index is 1.33. The average molecular weight is 422 g/mol. The number of nitrogens with zero attached hydrogens (tertiary/aromatic N) is 7. The summed E-state index contributed by atoms with van der Waals surface area (Å²) in [5, 5.41) is 9.58. The van der Waals surface area contributed by atoms with Crippen molar-refractivity contribution >= 4 is 17.7 Å². The highest BCUT2D eigenvalue weighted by atomic mass is 16.2. The van der Waals surface area contributed by atoms with Gasteiger partial charge in [-0.25, -0.2) is 24.4 Å². The first-order chi connectivity index (χ1) is 15.1. The van der Waals surface area contributed by atoms with Gasteiger partial charge in [0, 0.05) is 57.9 Å². The minimum Gasteiger partial charge on any atom is -0.368 e. The van der Waals surface area contributed by atoms with Crippen molar-refractivity contribution in [1.29, 1.82) is 0 Å². The fourth-order valence-electron chi connectivity index (χ4n) is 3.63. The van der Waals surface area contributed by atoms with Gasteiger partial charge in [0.05, 0.1) is 17.1 Å². The van der Waals surface area contributed by atoms with Gasteiger partial charge in [-0.05, 0) is 38.1 Å². The van der Waals surface area contributed by atoms with E-state index in [0.717, 1.165) is 55.6 Å². The van der Waals surface area contributed by atoms with E-state index in [1.165, 1.54) is 0 Å². The Kier molecular flexibility index (Phi) is 6.37. The van der Waals surface area contributed by atoms with E-state index in [1.54, 1.807) is 17.1 Å². The molecule has 0 aromatic carbocycles. The minimum atomic E-state index is -0.296. The monoisotopic (exact) mass is 421 g/mol. The Morgan fingerprint density at radius 3 is 2.65 bits per heavy atom. The highest BCUT2D eigenvalue weighted by Gasteiger charge is 2.20. The lowest BCUT2D eigenvalue weighted by Gasteiger charge is -2.36. The number of carbonyl (C=O) groups excluding carboxylic acids is 1. The smallest absolute Gasteiger partial charge is 0.321 e. The summed E-state index contributed by atoms with van der Waals surface area (Å²) in [5.41, 5.74) is 3.04. The fraction of sp³-hybridized carbons (Fsp3) is 0.381. The number of amides is 2. The second-order valence-electron chi connectivity index (χ2n) is 7.34. The number of rotatable bonds is 6. The van der Waals surface area contributed by atoms with Crippen LogP contribution in [0.2, 0.25) is 0 Å². The van der Waals surface area contributed by atoms with Crippen LogP contribution in [0.1, 0.15) is 18.3 Å². The van der Waals surface area contributed by atoms with Gasteiger partial charge >= 0.3 is 6.03 Å². The first-order valence-electron chi connectivity index (χ1n) is 10.4. The molecule has 162 valence electrons. The molecule has 4 heterocycles. The van der Waals surface area contributed by atoms with E-state index in [2.05, 4.69) is 41.6 Å². The molecule has 2 amide bonds. The van der Waals surface area contributed by atoms with Crippen molar-refractivity contribution in [2.24, 2.45) is 0 Å². The molecule has 4 rings (SSSR count). The van der Waals surface area contributed by atoms with Crippen molar-refractivity contribution in [2.45, 2.75) is 20.4 Å². The topological polar surface area (TPSA) is 104 Å². The normalized spacial score (nSPS) is 14.5. The molecule has 3 aromatic rings. The molecule has 0 spiro atoms. The minimum absolute atomic E-state index is 0.296. The van der Waals surface area contributed by atoms with Crippen molar-refractivity contribution in [2.75, 3.05) is 42.9 Å². The molecule has 31 heavy (non-hydrogen) atoms. The fourth-order valence-corrected chi connectivity index (χ4v) is 3.63. The van der Waals surface area contributed by atoms with Crippen LogP contribution >= 0.6 is 0 Å². The number of hydrogen-bond acceptors (Lipinski definition) is 7. The molecule has 0 atom stereocenters. The lowest BCUT2D eigenvalue weighted by atomic mass is 10.2. The van der Waals surface area contributed by atoms with E-state index < -0.39 is 0 Å². The van der Waals surface area contributed by atoms with Crippen molar-refractivity contribution in [3.63, 3.8) is 0 Å². The molecule has 0 radical (unpaired) electrons. The van der Waals surface area contributed by atoms with Gasteiger partial charge in [-0.3, -0.25) is 10.2 Å². The zero-order valence-corrected chi connectivity index (χ0v) is 17.8. The molecule has 10 nitrogen and oxygen atoms in total. The van der Waals surface area contributed by atoms with E-state index >= 15 is 0 Å². The number of carbonyl (C=O) groups is 1. The van der Waals surface area contributed by atoms with E-state index in [-0.39, 0.29) is 6.03 Å². The third-order valence-corrected chi connectivity index (χ3v) is 5.16. The number of nitrogens with one attached hydrogen (secondary N) is 2. The largest absolute Gasteiger partial charge is 0.368 e. The molecular weight excluding hydrogens is 394 g/mol. The third-order valence-electron chi connectivity index (χ3n) is 5.16. The molecule has 0 unspecified atom stereocenters. The van der Waals surface area contributed by atoms with Crippen LogP contribution in [0, 0.1) is 6.92 Å². The van der Waals surface area contributed by atoms with Crippen molar-refractivity contribution in [1.82, 2.24) is 34.9 Å². The molecule has 2 N–H and O–H groups in total. The molecule has 1 fully saturated rings. The summed E-state index contributed by atoms with van der Waals surface area (Å²) in [6.07, 6.45) is 5.32. The standard InChI is InChI=1S/C21H27N9O/c1-3-22-21(31)27-20-23-9-7-17(26-20)15-28-11-13-29(14-12-28)18-5-6-19(25-16(18)2)30-10-4-8-24-30/h4-10H,3,11-15H2,1-2H3,(H2,22,23,26,27,31). The summed E-state index contributed by atoms with van der Waals surface area (Å²) in [6, 6.07) is 7.61. The van der Waals surface area contributed by atoms with E-state index in [4.69, 9.17) is 4.98 Å². The molecule has 0 aliphatic carbocycles. The van der Waals surface area contributed by atoms with Crippen molar-refractivity contribution < 1.29 is 4.79 Å². The number of hydrogen-bond donors (Lipinski definition) is 2. The van der Waals surface area contributed by atoms with Crippen LogP contribution in [0.15, 0.2) is 42.9 Å². The van der Waals surface area contributed by atoms with Gasteiger partial charge in [-0.2, -0.15) is 5.10 Å².